The van der Waals surface area contributed by atoms with Crippen molar-refractivity contribution in [1.29, 1.82) is 0 Å². The van der Waals surface area contributed by atoms with Gasteiger partial charge in [-0.1, -0.05) is 28.1 Å². The third-order valence-electron chi connectivity index (χ3n) is 3.04. The number of esters is 1. The largest absolute Gasteiger partial charge is 0.465 e. The maximum atomic E-state index is 13.0. The minimum absolute atomic E-state index is 0.00472. The van der Waals surface area contributed by atoms with Crippen molar-refractivity contribution in [2.24, 2.45) is 0 Å². The highest BCUT2D eigenvalue weighted by Gasteiger charge is 2.35. The van der Waals surface area contributed by atoms with Gasteiger partial charge in [0, 0.05) is 22.8 Å². The summed E-state index contributed by atoms with van der Waals surface area (Å²) in [6.45, 7) is 3.64. The molecular weight excluding hydrogens is 377 g/mol. The van der Waals surface area contributed by atoms with E-state index in [1.807, 2.05) is 0 Å². The molecule has 0 aliphatic heterocycles. The first kappa shape index (κ1) is 17.3. The highest BCUT2D eigenvalue weighted by atomic mass is 79.9. The Hall–Kier alpha value is -2.09. The molecule has 0 radical (unpaired) electrons. The molecule has 8 heteroatoms. The van der Waals surface area contributed by atoms with Crippen LogP contribution in [0.1, 0.15) is 16.1 Å². The van der Waals surface area contributed by atoms with Crippen LogP contribution in [0.25, 0.3) is 11.4 Å². The summed E-state index contributed by atoms with van der Waals surface area (Å²) in [7, 11) is 1.20. The topological polar surface area (TPSA) is 44.1 Å². The lowest BCUT2D eigenvalue weighted by Gasteiger charge is -2.11. The van der Waals surface area contributed by atoms with Crippen molar-refractivity contribution in [2.45, 2.75) is 12.7 Å². The number of nitrogens with zero attached hydrogens (tertiary/aromatic N) is 2. The SMILES string of the molecule is C=CCn1cc(C(F)(F)F)nc1-c1c(Br)cccc1C(=O)OC. The van der Waals surface area contributed by atoms with Crippen molar-refractivity contribution >= 4 is 21.9 Å². The van der Waals surface area contributed by atoms with E-state index >= 15 is 0 Å². The second kappa shape index (κ2) is 6.57. The van der Waals surface area contributed by atoms with Crippen molar-refractivity contribution in [1.82, 2.24) is 9.55 Å². The van der Waals surface area contributed by atoms with E-state index in [0.29, 0.717) is 4.47 Å². The monoisotopic (exact) mass is 388 g/mol. The zero-order valence-electron chi connectivity index (χ0n) is 12.0. The van der Waals surface area contributed by atoms with Gasteiger partial charge < -0.3 is 9.30 Å². The molecule has 4 nitrogen and oxygen atoms in total. The average Bonchev–Trinajstić information content (AvgIpc) is 2.90. The molecule has 0 aliphatic carbocycles. The number of carbonyl (C=O) groups excluding carboxylic acids is 1. The number of alkyl halides is 3. The van der Waals surface area contributed by atoms with E-state index in [9.17, 15) is 18.0 Å². The smallest absolute Gasteiger partial charge is 0.434 e. The molecule has 2 aromatic rings. The predicted octanol–water partition coefficient (Wildman–Crippen LogP) is 4.30. The minimum Gasteiger partial charge on any atom is -0.465 e. The van der Waals surface area contributed by atoms with E-state index in [-0.39, 0.29) is 23.5 Å². The van der Waals surface area contributed by atoms with Gasteiger partial charge in [0.1, 0.15) is 5.82 Å². The average molecular weight is 389 g/mol. The Balaban J connectivity index is 2.73. The first-order valence-electron chi connectivity index (χ1n) is 6.42. The van der Waals surface area contributed by atoms with Gasteiger partial charge in [-0.15, -0.1) is 6.58 Å². The Kier molecular flexibility index (Phi) is 4.93. The number of aromatic nitrogens is 2. The Morgan fingerprint density at radius 3 is 2.74 bits per heavy atom. The molecule has 2 rings (SSSR count). The van der Waals surface area contributed by atoms with Gasteiger partial charge in [0.25, 0.3) is 0 Å². The number of imidazole rings is 1. The van der Waals surface area contributed by atoms with Gasteiger partial charge in [-0.05, 0) is 12.1 Å². The third kappa shape index (κ3) is 3.47. The van der Waals surface area contributed by atoms with Gasteiger partial charge in [0.2, 0.25) is 0 Å². The Labute approximate surface area is 138 Å². The summed E-state index contributed by atoms with van der Waals surface area (Å²) in [5, 5.41) is 0. The second-order valence-electron chi connectivity index (χ2n) is 4.54. The highest BCUT2D eigenvalue weighted by Crippen LogP contribution is 2.35. The molecule has 1 heterocycles. The van der Waals surface area contributed by atoms with E-state index < -0.39 is 17.8 Å². The van der Waals surface area contributed by atoms with Crippen molar-refractivity contribution in [3.05, 3.63) is 52.8 Å². The zero-order valence-corrected chi connectivity index (χ0v) is 13.6. The molecule has 0 amide bonds. The molecule has 0 atom stereocenters. The van der Waals surface area contributed by atoms with Gasteiger partial charge in [0.05, 0.1) is 12.7 Å². The lowest BCUT2D eigenvalue weighted by Crippen LogP contribution is -2.07. The van der Waals surface area contributed by atoms with Crippen LogP contribution >= 0.6 is 15.9 Å². The maximum Gasteiger partial charge on any atom is 0.434 e. The van der Waals surface area contributed by atoms with Crippen LogP contribution in [0, 0.1) is 0 Å². The van der Waals surface area contributed by atoms with Crippen molar-refractivity contribution in [3.63, 3.8) is 0 Å². The Morgan fingerprint density at radius 1 is 1.48 bits per heavy atom. The maximum absolute atomic E-state index is 13.0. The van der Waals surface area contributed by atoms with Crippen LogP contribution in [0.5, 0.6) is 0 Å². The summed E-state index contributed by atoms with van der Waals surface area (Å²) < 4.78 is 45.3. The molecule has 0 unspecified atom stereocenters. The Bertz CT molecular complexity index is 754. The third-order valence-corrected chi connectivity index (χ3v) is 3.70. The summed E-state index contributed by atoms with van der Waals surface area (Å²) >= 11 is 3.26. The van der Waals surface area contributed by atoms with Crippen LogP contribution in [-0.4, -0.2) is 22.6 Å². The quantitative estimate of drug-likeness (QED) is 0.579. The van der Waals surface area contributed by atoms with Crippen LogP contribution in [0.2, 0.25) is 0 Å². The van der Waals surface area contributed by atoms with Crippen molar-refractivity contribution in [2.75, 3.05) is 7.11 Å². The highest BCUT2D eigenvalue weighted by molar-refractivity contribution is 9.10. The number of halogens is 4. The fourth-order valence-electron chi connectivity index (χ4n) is 2.06. The van der Waals surface area contributed by atoms with Gasteiger partial charge >= 0.3 is 12.1 Å². The van der Waals surface area contributed by atoms with Crippen LogP contribution in [0.15, 0.2) is 41.5 Å². The van der Waals surface area contributed by atoms with Gasteiger partial charge in [0.15, 0.2) is 5.69 Å². The fourth-order valence-corrected chi connectivity index (χ4v) is 2.61. The summed E-state index contributed by atoms with van der Waals surface area (Å²) in [4.78, 5) is 15.6. The van der Waals surface area contributed by atoms with Crippen molar-refractivity contribution < 1.29 is 22.7 Å². The van der Waals surface area contributed by atoms with E-state index in [2.05, 4.69) is 32.2 Å². The van der Waals surface area contributed by atoms with Gasteiger partial charge in [-0.25, -0.2) is 9.78 Å². The van der Waals surface area contributed by atoms with Crippen molar-refractivity contribution in [3.8, 4) is 11.4 Å². The summed E-state index contributed by atoms with van der Waals surface area (Å²) in [6, 6.07) is 4.67. The standard InChI is InChI=1S/C15H12BrF3N2O2/c1-3-7-21-8-11(15(17,18)19)20-13(21)12-9(14(22)23-2)5-4-6-10(12)16/h3-6,8H,1,7H2,2H3. The molecule has 0 spiro atoms. The number of hydrogen-bond donors (Lipinski definition) is 0. The molecule has 0 N–H and O–H groups in total. The molecule has 122 valence electrons. The van der Waals surface area contributed by atoms with E-state index in [1.165, 1.54) is 23.8 Å². The predicted molar refractivity (Wildman–Crippen MR) is 81.9 cm³/mol. The van der Waals surface area contributed by atoms with E-state index in [4.69, 9.17) is 0 Å². The van der Waals surface area contributed by atoms with Crippen LogP contribution in [0.3, 0.4) is 0 Å². The molecule has 0 bridgehead atoms. The number of carbonyl (C=O) groups is 1. The fraction of sp³-hybridized carbons (Fsp3) is 0.200. The van der Waals surface area contributed by atoms with Crippen LogP contribution in [-0.2, 0) is 17.5 Å². The lowest BCUT2D eigenvalue weighted by molar-refractivity contribution is -0.140. The van der Waals surface area contributed by atoms with Crippen LogP contribution < -0.4 is 0 Å². The van der Waals surface area contributed by atoms with Gasteiger partial charge in [-0.2, -0.15) is 13.2 Å². The molecule has 0 aliphatic rings. The zero-order chi connectivity index (χ0) is 17.2. The van der Waals surface area contributed by atoms with Crippen LogP contribution in [0.4, 0.5) is 13.2 Å². The van der Waals surface area contributed by atoms with E-state index in [0.717, 1.165) is 6.20 Å². The normalized spacial score (nSPS) is 11.3. The Morgan fingerprint density at radius 2 is 2.17 bits per heavy atom. The second-order valence-corrected chi connectivity index (χ2v) is 5.40. The molecule has 0 saturated carbocycles. The number of ether oxygens (including phenoxy) is 1. The number of methoxy groups -OCH3 is 1. The molecular formula is C15H12BrF3N2O2. The molecule has 1 aromatic carbocycles. The number of rotatable bonds is 4. The minimum atomic E-state index is -4.59. The first-order chi connectivity index (χ1) is 10.8. The summed E-state index contributed by atoms with van der Waals surface area (Å²) in [6.07, 6.45) is -2.26. The van der Waals surface area contributed by atoms with Gasteiger partial charge in [-0.3, -0.25) is 0 Å². The van der Waals surface area contributed by atoms with E-state index in [1.54, 1.807) is 12.1 Å². The molecule has 0 fully saturated rings. The first-order valence-corrected chi connectivity index (χ1v) is 7.21. The summed E-state index contributed by atoms with van der Waals surface area (Å²) in [5.41, 5.74) is -0.691. The molecule has 23 heavy (non-hydrogen) atoms. The number of benzene rings is 1. The molecule has 0 saturated heterocycles. The lowest BCUT2D eigenvalue weighted by atomic mass is 10.1. The number of allylic oxidation sites excluding steroid dienone is 1. The number of hydrogen-bond acceptors (Lipinski definition) is 3. The molecule has 1 aromatic heterocycles. The summed E-state index contributed by atoms with van der Waals surface area (Å²) in [5.74, 6) is -0.659.